The molecule has 0 bridgehead atoms. The number of hydrogen-bond donors (Lipinski definition) is 3. The van der Waals surface area contributed by atoms with Gasteiger partial charge in [0.05, 0.1) is 17.5 Å². The third-order valence-electron chi connectivity index (χ3n) is 10.0. The van der Waals surface area contributed by atoms with Crippen LogP contribution in [-0.2, 0) is 19.6 Å². The minimum absolute atomic E-state index is 0.0292. The third-order valence-corrected chi connectivity index (χ3v) is 11.9. The standard InChI is InChI=1S/C45H59N7O6S/c1-5-7-8-9-10-11-12-13-14-15-16-22-30-52-42(49-36-25-20-21-26-39(36)59(52,56)57)41(51-31-29-46-43(51)45(55)48-34-23-18-17-19-24-34)44(54)50-37-32-35(47-40(53)6-2)27-28-38(37)58-33(3)4/h17-21,23-29,31-33,41H,5-16,22,30H2,1-4H3,(H,47,53)(H,48,55)(H,50,54). The Labute approximate surface area is 349 Å². The average Bonchev–Trinajstić information content (AvgIpc) is 3.70. The molecule has 2 heterocycles. The van der Waals surface area contributed by atoms with Crippen molar-refractivity contribution in [3.05, 3.63) is 91.0 Å². The van der Waals surface area contributed by atoms with E-state index in [0.29, 0.717) is 23.5 Å². The SMILES string of the molecule is CCCCCCCCCCCCCCN1C(C(C(=O)Nc2cc(NC(=O)CC)ccc2OC(C)C)n2ccnc2C(=O)Nc2ccccc2)=Nc2ccccc2S1(=O)=O. The Morgan fingerprint density at radius 2 is 1.39 bits per heavy atom. The Kier molecular flexibility index (Phi) is 16.7. The van der Waals surface area contributed by atoms with E-state index in [1.54, 1.807) is 67.6 Å². The molecule has 3 N–H and O–H groups in total. The molecule has 4 aromatic rings. The van der Waals surface area contributed by atoms with Crippen LogP contribution in [0.2, 0.25) is 0 Å². The molecule has 316 valence electrons. The largest absolute Gasteiger partial charge is 0.489 e. The first-order valence-electron chi connectivity index (χ1n) is 21.0. The first-order valence-corrected chi connectivity index (χ1v) is 22.5. The van der Waals surface area contributed by atoms with Crippen molar-refractivity contribution >= 4 is 56.3 Å². The molecule has 0 aliphatic carbocycles. The van der Waals surface area contributed by atoms with Crippen molar-refractivity contribution in [1.82, 2.24) is 13.9 Å². The monoisotopic (exact) mass is 825 g/mol. The van der Waals surface area contributed by atoms with Crippen LogP contribution in [0.4, 0.5) is 22.7 Å². The van der Waals surface area contributed by atoms with E-state index in [-0.39, 0.29) is 52.9 Å². The summed E-state index contributed by atoms with van der Waals surface area (Å²) >= 11 is 0. The summed E-state index contributed by atoms with van der Waals surface area (Å²) in [7, 11) is -4.20. The maximum absolute atomic E-state index is 15.0. The van der Waals surface area contributed by atoms with Gasteiger partial charge in [0, 0.05) is 36.7 Å². The number of amidine groups is 1. The molecule has 0 fully saturated rings. The van der Waals surface area contributed by atoms with Crippen LogP contribution >= 0.6 is 0 Å². The number of sulfonamides is 1. The lowest BCUT2D eigenvalue weighted by Crippen LogP contribution is -2.48. The molecule has 0 radical (unpaired) electrons. The number of unbranched alkanes of at least 4 members (excludes halogenated alkanes) is 11. The summed E-state index contributed by atoms with van der Waals surface area (Å²) < 4.78 is 37.7. The Morgan fingerprint density at radius 3 is 2.05 bits per heavy atom. The zero-order valence-corrected chi connectivity index (χ0v) is 35.6. The number of imidazole rings is 1. The highest BCUT2D eigenvalue weighted by Crippen LogP contribution is 2.37. The van der Waals surface area contributed by atoms with Crippen molar-refractivity contribution in [2.45, 2.75) is 128 Å². The first-order chi connectivity index (χ1) is 28.5. The fraction of sp³-hybridized carbons (Fsp3) is 0.444. The molecule has 0 saturated heterocycles. The Hall–Kier alpha value is -5.50. The topological polar surface area (TPSA) is 164 Å². The van der Waals surface area contributed by atoms with Crippen molar-refractivity contribution in [3.63, 3.8) is 0 Å². The van der Waals surface area contributed by atoms with Gasteiger partial charge in [0.2, 0.25) is 5.91 Å². The summed E-state index contributed by atoms with van der Waals surface area (Å²) in [4.78, 5) is 50.4. The molecule has 3 amide bonds. The Bertz CT molecular complexity index is 2150. The number of nitrogens with one attached hydrogen (secondary N) is 3. The maximum Gasteiger partial charge on any atom is 0.291 e. The number of carbonyl (C=O) groups excluding carboxylic acids is 3. The molecular formula is C45H59N7O6S. The lowest BCUT2D eigenvalue weighted by atomic mass is 10.1. The van der Waals surface area contributed by atoms with Crippen LogP contribution in [0.5, 0.6) is 5.75 Å². The zero-order valence-electron chi connectivity index (χ0n) is 34.8. The highest BCUT2D eigenvalue weighted by atomic mass is 32.2. The van der Waals surface area contributed by atoms with E-state index in [9.17, 15) is 22.8 Å². The number of para-hydroxylation sites is 2. The summed E-state index contributed by atoms with van der Waals surface area (Å²) in [6.45, 7) is 7.71. The molecule has 1 aromatic heterocycles. The van der Waals surface area contributed by atoms with Gasteiger partial charge >= 0.3 is 0 Å². The second kappa shape index (κ2) is 22.0. The Balaban J connectivity index is 1.49. The van der Waals surface area contributed by atoms with Gasteiger partial charge in [-0.1, -0.05) is 115 Å². The molecular weight excluding hydrogens is 767 g/mol. The summed E-state index contributed by atoms with van der Waals surface area (Å²) in [6, 6.07) is 18.6. The van der Waals surface area contributed by atoms with Crippen molar-refractivity contribution in [3.8, 4) is 5.75 Å². The summed E-state index contributed by atoms with van der Waals surface area (Å²) in [5, 5.41) is 8.58. The lowest BCUT2D eigenvalue weighted by Gasteiger charge is -2.34. The van der Waals surface area contributed by atoms with Gasteiger partial charge in [-0.15, -0.1) is 0 Å². The fourth-order valence-electron chi connectivity index (χ4n) is 7.00. The summed E-state index contributed by atoms with van der Waals surface area (Å²) in [5.41, 5.74) is 1.33. The molecule has 5 rings (SSSR count). The number of aliphatic imine (C=N–C) groups is 1. The number of anilines is 3. The van der Waals surface area contributed by atoms with Crippen LogP contribution in [-0.4, -0.2) is 58.5 Å². The smallest absolute Gasteiger partial charge is 0.291 e. The van der Waals surface area contributed by atoms with E-state index >= 15 is 0 Å². The predicted octanol–water partition coefficient (Wildman–Crippen LogP) is 9.89. The number of carbonyl (C=O) groups is 3. The molecule has 0 spiro atoms. The quantitative estimate of drug-likeness (QED) is 0.0627. The minimum Gasteiger partial charge on any atom is -0.489 e. The Morgan fingerprint density at radius 1 is 0.746 bits per heavy atom. The summed E-state index contributed by atoms with van der Waals surface area (Å²) in [5.74, 6) is -1.44. The van der Waals surface area contributed by atoms with Gasteiger partial charge in [0.25, 0.3) is 21.8 Å². The molecule has 59 heavy (non-hydrogen) atoms. The number of rotatable bonds is 23. The van der Waals surface area contributed by atoms with E-state index in [1.807, 2.05) is 19.9 Å². The van der Waals surface area contributed by atoms with Gasteiger partial charge in [-0.05, 0) is 62.7 Å². The number of fused-ring (bicyclic) bond motifs is 1. The highest BCUT2D eigenvalue weighted by molar-refractivity contribution is 7.90. The number of ether oxygens (including phenoxy) is 1. The van der Waals surface area contributed by atoms with Crippen LogP contribution in [0.15, 0.2) is 95.1 Å². The van der Waals surface area contributed by atoms with Gasteiger partial charge in [-0.25, -0.2) is 18.4 Å². The number of amides is 3. The lowest BCUT2D eigenvalue weighted by molar-refractivity contribution is -0.118. The van der Waals surface area contributed by atoms with Gasteiger partial charge in [0.15, 0.2) is 17.7 Å². The van der Waals surface area contributed by atoms with Crippen LogP contribution in [0.1, 0.15) is 128 Å². The molecule has 1 aliphatic heterocycles. The third kappa shape index (κ3) is 12.3. The number of nitrogens with zero attached hydrogens (tertiary/aromatic N) is 4. The maximum atomic E-state index is 15.0. The molecule has 1 unspecified atom stereocenters. The second-order valence-corrected chi connectivity index (χ2v) is 16.9. The molecule has 13 nitrogen and oxygen atoms in total. The van der Waals surface area contributed by atoms with E-state index in [0.717, 1.165) is 25.7 Å². The minimum atomic E-state index is -4.20. The first kappa shape index (κ1) is 44.6. The molecule has 1 aliphatic rings. The number of benzene rings is 3. The van der Waals surface area contributed by atoms with Crippen LogP contribution in [0.25, 0.3) is 0 Å². The van der Waals surface area contributed by atoms with Gasteiger partial charge < -0.3 is 25.3 Å². The van der Waals surface area contributed by atoms with Crippen LogP contribution in [0, 0.1) is 0 Å². The zero-order chi connectivity index (χ0) is 42.2. The van der Waals surface area contributed by atoms with Gasteiger partial charge in [-0.2, -0.15) is 0 Å². The second-order valence-electron chi connectivity index (χ2n) is 15.1. The van der Waals surface area contributed by atoms with Gasteiger partial charge in [-0.3, -0.25) is 18.7 Å². The van der Waals surface area contributed by atoms with E-state index in [2.05, 4.69) is 27.9 Å². The molecule has 3 aromatic carbocycles. The van der Waals surface area contributed by atoms with E-state index in [4.69, 9.17) is 9.73 Å². The van der Waals surface area contributed by atoms with Crippen molar-refractivity contribution in [1.29, 1.82) is 0 Å². The summed E-state index contributed by atoms with van der Waals surface area (Å²) in [6.07, 6.45) is 16.1. The van der Waals surface area contributed by atoms with Crippen molar-refractivity contribution < 1.29 is 27.5 Å². The van der Waals surface area contributed by atoms with E-state index < -0.39 is 27.9 Å². The normalized spacial score (nSPS) is 13.6. The predicted molar refractivity (Wildman–Crippen MR) is 234 cm³/mol. The number of aromatic nitrogens is 2. The van der Waals surface area contributed by atoms with Crippen LogP contribution < -0.4 is 20.7 Å². The van der Waals surface area contributed by atoms with Crippen LogP contribution in [0.3, 0.4) is 0 Å². The highest BCUT2D eigenvalue weighted by Gasteiger charge is 2.42. The number of hydrogen-bond acceptors (Lipinski definition) is 8. The van der Waals surface area contributed by atoms with E-state index in [1.165, 1.54) is 72.3 Å². The molecule has 14 heteroatoms. The van der Waals surface area contributed by atoms with Crippen molar-refractivity contribution in [2.24, 2.45) is 4.99 Å². The van der Waals surface area contributed by atoms with Crippen molar-refractivity contribution in [2.75, 3.05) is 22.5 Å². The fourth-order valence-corrected chi connectivity index (χ4v) is 8.63. The molecule has 0 saturated carbocycles. The van der Waals surface area contributed by atoms with Gasteiger partial charge in [0.1, 0.15) is 10.6 Å². The average molecular weight is 826 g/mol. The molecule has 1 atom stereocenters.